The molecule has 0 aliphatic heterocycles. The lowest BCUT2D eigenvalue weighted by molar-refractivity contribution is -0.200. The van der Waals surface area contributed by atoms with Crippen LogP contribution in [0.2, 0.25) is 0 Å². The highest BCUT2D eigenvalue weighted by molar-refractivity contribution is 5.71. The Morgan fingerprint density at radius 2 is 1.69 bits per heavy atom. The van der Waals surface area contributed by atoms with Crippen molar-refractivity contribution >= 4 is 6.04 Å². The Morgan fingerprint density at radius 3 is 2.08 bits per heavy atom. The van der Waals surface area contributed by atoms with Crippen molar-refractivity contribution in [3.8, 4) is 0 Å². The van der Waals surface area contributed by atoms with E-state index in [9.17, 15) is 22.4 Å². The van der Waals surface area contributed by atoms with Gasteiger partial charge in [-0.1, -0.05) is 12.8 Å². The number of carbonyl (C=O) groups excluding carboxylic acids is 1. The van der Waals surface area contributed by atoms with Crippen molar-refractivity contribution in [3.05, 3.63) is 0 Å². The minimum Gasteiger partial charge on any atom is -0.261 e. The Morgan fingerprint density at radius 1 is 1.15 bits per heavy atom. The van der Waals surface area contributed by atoms with Gasteiger partial charge < -0.3 is 0 Å². The summed E-state index contributed by atoms with van der Waals surface area (Å²) in [5.74, 6) is -3.22. The van der Waals surface area contributed by atoms with Crippen LogP contribution in [-0.4, -0.2) is 12.2 Å². The van der Waals surface area contributed by atoms with Gasteiger partial charge in [0.25, 0.3) is 0 Å². The lowest BCUT2D eigenvalue weighted by Gasteiger charge is -2.29. The fourth-order valence-electron chi connectivity index (χ4n) is 1.79. The summed E-state index contributed by atoms with van der Waals surface area (Å²) in [6.45, 7) is 0. The van der Waals surface area contributed by atoms with Gasteiger partial charge in [-0.25, -0.2) is 0 Å². The summed E-state index contributed by atoms with van der Waals surface area (Å²) >= 11 is 0. The van der Waals surface area contributed by atoms with E-state index in [0.29, 0.717) is 12.8 Å². The van der Waals surface area contributed by atoms with Gasteiger partial charge in [0.1, 0.15) is 0 Å². The average Bonchev–Trinajstić information content (AvgIpc) is 2.03. The number of hydrogen-bond acceptors (Lipinski definition) is 1. The summed E-state index contributed by atoms with van der Waals surface area (Å²) < 4.78 is 48.9. The molecule has 0 saturated heterocycles. The number of hydrogen-bond donors (Lipinski definition) is 0. The second kappa shape index (κ2) is 3.64. The van der Waals surface area contributed by atoms with Crippen LogP contribution < -0.4 is 0 Å². The zero-order valence-corrected chi connectivity index (χ0v) is 6.90. The fourth-order valence-corrected chi connectivity index (χ4v) is 1.79. The van der Waals surface area contributed by atoms with Crippen LogP contribution in [0.1, 0.15) is 25.7 Å². The Labute approximate surface area is 73.1 Å². The molecule has 0 heterocycles. The van der Waals surface area contributed by atoms with Crippen LogP contribution in [0.25, 0.3) is 0 Å². The van der Waals surface area contributed by atoms with E-state index in [-0.39, 0.29) is 12.8 Å². The molecule has 0 aromatic rings. The molecule has 1 saturated carbocycles. The van der Waals surface area contributed by atoms with Crippen LogP contribution in [0.3, 0.4) is 0 Å². The van der Waals surface area contributed by atoms with E-state index in [2.05, 4.69) is 0 Å². The SMILES string of the molecule is O=C(F)C1CCCCC1C(F)(F)F. The first-order valence-corrected chi connectivity index (χ1v) is 4.19. The predicted molar refractivity (Wildman–Crippen MR) is 37.6 cm³/mol. The van der Waals surface area contributed by atoms with E-state index in [1.54, 1.807) is 0 Å². The molecule has 1 aliphatic rings. The molecule has 0 bridgehead atoms. The second-order valence-electron chi connectivity index (χ2n) is 3.34. The summed E-state index contributed by atoms with van der Waals surface area (Å²) in [5, 5.41) is 0. The van der Waals surface area contributed by atoms with E-state index in [1.165, 1.54) is 0 Å². The quantitative estimate of drug-likeness (QED) is 0.467. The van der Waals surface area contributed by atoms with Gasteiger partial charge in [0.15, 0.2) is 0 Å². The molecule has 1 fully saturated rings. The van der Waals surface area contributed by atoms with Crippen molar-refractivity contribution in [2.24, 2.45) is 11.8 Å². The Hall–Kier alpha value is -0.610. The summed E-state index contributed by atoms with van der Waals surface area (Å²) in [4.78, 5) is 10.3. The zero-order chi connectivity index (χ0) is 10.1. The van der Waals surface area contributed by atoms with Gasteiger partial charge in [0.05, 0.1) is 11.8 Å². The van der Waals surface area contributed by atoms with Crippen molar-refractivity contribution in [1.82, 2.24) is 0 Å². The molecule has 0 aromatic carbocycles. The molecule has 2 atom stereocenters. The van der Waals surface area contributed by atoms with E-state index in [0.717, 1.165) is 0 Å². The van der Waals surface area contributed by atoms with E-state index in [1.807, 2.05) is 0 Å². The van der Waals surface area contributed by atoms with Gasteiger partial charge in [-0.15, -0.1) is 0 Å². The van der Waals surface area contributed by atoms with Crippen LogP contribution in [-0.2, 0) is 4.79 Å². The highest BCUT2D eigenvalue weighted by atomic mass is 19.4. The van der Waals surface area contributed by atoms with Gasteiger partial charge >= 0.3 is 12.2 Å². The van der Waals surface area contributed by atoms with Crippen LogP contribution in [0, 0.1) is 11.8 Å². The van der Waals surface area contributed by atoms with Crippen LogP contribution >= 0.6 is 0 Å². The Kier molecular flexibility index (Phi) is 2.93. The summed E-state index contributed by atoms with van der Waals surface area (Å²) in [5.41, 5.74) is 0. The molecule has 1 rings (SSSR count). The van der Waals surface area contributed by atoms with Gasteiger partial charge in [-0.2, -0.15) is 17.6 Å². The third kappa shape index (κ3) is 2.42. The van der Waals surface area contributed by atoms with E-state index >= 15 is 0 Å². The normalized spacial score (nSPS) is 30.2. The molecule has 1 aliphatic carbocycles. The van der Waals surface area contributed by atoms with Gasteiger partial charge in [-0.3, -0.25) is 4.79 Å². The van der Waals surface area contributed by atoms with Crippen LogP contribution in [0.5, 0.6) is 0 Å². The maximum absolute atomic E-state index is 12.2. The van der Waals surface area contributed by atoms with Crippen LogP contribution in [0.15, 0.2) is 0 Å². The van der Waals surface area contributed by atoms with Gasteiger partial charge in [0, 0.05) is 0 Å². The predicted octanol–water partition coefficient (Wildman–Crippen LogP) is 2.85. The lowest BCUT2D eigenvalue weighted by atomic mass is 9.79. The van der Waals surface area contributed by atoms with Crippen LogP contribution in [0.4, 0.5) is 17.6 Å². The lowest BCUT2D eigenvalue weighted by Crippen LogP contribution is -2.35. The third-order valence-corrected chi connectivity index (χ3v) is 2.48. The van der Waals surface area contributed by atoms with Crippen molar-refractivity contribution in [2.45, 2.75) is 31.9 Å². The molecule has 0 aromatic heterocycles. The summed E-state index contributed by atoms with van der Waals surface area (Å²) in [6.07, 6.45) is -3.60. The number of carbonyl (C=O) groups is 1. The first-order chi connectivity index (χ1) is 5.93. The van der Waals surface area contributed by atoms with E-state index in [4.69, 9.17) is 0 Å². The maximum Gasteiger partial charge on any atom is 0.392 e. The molecule has 13 heavy (non-hydrogen) atoms. The molecule has 76 valence electrons. The first kappa shape index (κ1) is 10.5. The molecule has 0 spiro atoms. The second-order valence-corrected chi connectivity index (χ2v) is 3.34. The Balaban J connectivity index is 2.73. The summed E-state index contributed by atoms with van der Waals surface area (Å²) in [7, 11) is 0. The molecular weight excluding hydrogens is 188 g/mol. The zero-order valence-electron chi connectivity index (χ0n) is 6.90. The number of halogens is 4. The van der Waals surface area contributed by atoms with Gasteiger partial charge in [-0.05, 0) is 12.8 Å². The molecule has 0 radical (unpaired) electrons. The fraction of sp³-hybridized carbons (Fsp3) is 0.875. The summed E-state index contributed by atoms with van der Waals surface area (Å²) in [6, 6.07) is -1.82. The molecule has 2 unspecified atom stereocenters. The number of rotatable bonds is 1. The molecule has 1 nitrogen and oxygen atoms in total. The van der Waals surface area contributed by atoms with Crippen molar-refractivity contribution < 1.29 is 22.4 Å². The minimum atomic E-state index is -4.44. The standard InChI is InChI=1S/C8H10F4O/c9-7(13)5-3-1-2-4-6(5)8(10,11)12/h5-6H,1-4H2. The molecular formula is C8H10F4O. The first-order valence-electron chi connectivity index (χ1n) is 4.19. The topological polar surface area (TPSA) is 17.1 Å². The van der Waals surface area contributed by atoms with Crippen molar-refractivity contribution in [1.29, 1.82) is 0 Å². The third-order valence-electron chi connectivity index (χ3n) is 2.48. The average molecular weight is 198 g/mol. The molecule has 5 heteroatoms. The molecule has 0 N–H and O–H groups in total. The molecule has 0 amide bonds. The highest BCUT2D eigenvalue weighted by Crippen LogP contribution is 2.41. The van der Waals surface area contributed by atoms with E-state index < -0.39 is 24.0 Å². The Bertz CT molecular complexity index is 199. The largest absolute Gasteiger partial charge is 0.392 e. The maximum atomic E-state index is 12.2. The van der Waals surface area contributed by atoms with Crippen molar-refractivity contribution in [2.75, 3.05) is 0 Å². The van der Waals surface area contributed by atoms with Gasteiger partial charge in [0.2, 0.25) is 0 Å². The smallest absolute Gasteiger partial charge is 0.261 e. The number of alkyl halides is 3. The highest BCUT2D eigenvalue weighted by Gasteiger charge is 2.48. The minimum absolute atomic E-state index is 0.0273. The monoisotopic (exact) mass is 198 g/mol. The van der Waals surface area contributed by atoms with Crippen molar-refractivity contribution in [3.63, 3.8) is 0 Å².